The van der Waals surface area contributed by atoms with Crippen molar-refractivity contribution in [3.8, 4) is 0 Å². The monoisotopic (exact) mass is 241 g/mol. The number of hydrogen-bond acceptors (Lipinski definition) is 2. The van der Waals surface area contributed by atoms with Crippen molar-refractivity contribution in [3.05, 3.63) is 33.8 Å². The Morgan fingerprint density at radius 3 is 3.00 bits per heavy atom. The molecule has 0 fully saturated rings. The summed E-state index contributed by atoms with van der Waals surface area (Å²) in [6.45, 7) is 0. The first kappa shape index (κ1) is 9.19. The molecule has 1 aliphatic carbocycles. The molecule has 70 valence electrons. The van der Waals surface area contributed by atoms with Crippen molar-refractivity contribution in [1.82, 2.24) is 0 Å². The van der Waals surface area contributed by atoms with E-state index in [4.69, 9.17) is 5.73 Å². The summed E-state index contributed by atoms with van der Waals surface area (Å²) < 4.78 is 1.02. The van der Waals surface area contributed by atoms with E-state index in [2.05, 4.69) is 22.0 Å². The second-order valence-corrected chi connectivity index (χ2v) is 4.39. The van der Waals surface area contributed by atoms with Crippen molar-refractivity contribution >= 4 is 15.9 Å². The van der Waals surface area contributed by atoms with Gasteiger partial charge in [0.2, 0.25) is 0 Å². The molecule has 2 nitrogen and oxygen atoms in total. The third-order valence-corrected chi connectivity index (χ3v) is 3.08. The first-order valence-electron chi connectivity index (χ1n) is 4.40. The van der Waals surface area contributed by atoms with Crippen LogP contribution in [0.5, 0.6) is 0 Å². The number of hydrogen-bond donors (Lipinski definition) is 2. The molecule has 3 N–H and O–H groups in total. The van der Waals surface area contributed by atoms with Crippen LogP contribution in [-0.4, -0.2) is 11.2 Å². The first-order valence-corrected chi connectivity index (χ1v) is 5.20. The van der Waals surface area contributed by atoms with Crippen LogP contribution in [0.4, 0.5) is 0 Å². The largest absolute Gasteiger partial charge is 0.391 e. The molecule has 13 heavy (non-hydrogen) atoms. The number of halogens is 1. The summed E-state index contributed by atoms with van der Waals surface area (Å²) in [6.07, 6.45) is 1.31. The SMILES string of the molecule is NC1c2cc(Br)ccc2CCC1O. The van der Waals surface area contributed by atoms with Crippen LogP contribution >= 0.6 is 15.9 Å². The Labute approximate surface area is 85.9 Å². The van der Waals surface area contributed by atoms with Gasteiger partial charge in [0.15, 0.2) is 0 Å². The number of aryl methyl sites for hydroxylation is 1. The maximum atomic E-state index is 9.58. The predicted molar refractivity (Wildman–Crippen MR) is 55.4 cm³/mol. The first-order chi connectivity index (χ1) is 6.18. The molecule has 0 bridgehead atoms. The third kappa shape index (κ3) is 1.64. The summed E-state index contributed by atoms with van der Waals surface area (Å²) in [5.74, 6) is 0. The van der Waals surface area contributed by atoms with Gasteiger partial charge in [-0.25, -0.2) is 0 Å². The van der Waals surface area contributed by atoms with E-state index in [1.165, 1.54) is 5.56 Å². The van der Waals surface area contributed by atoms with Gasteiger partial charge in [0.1, 0.15) is 0 Å². The molecule has 0 radical (unpaired) electrons. The predicted octanol–water partition coefficient (Wildman–Crippen LogP) is 1.76. The minimum absolute atomic E-state index is 0.221. The van der Waals surface area contributed by atoms with Crippen LogP contribution in [0.1, 0.15) is 23.6 Å². The molecule has 3 heteroatoms. The fraction of sp³-hybridized carbons (Fsp3) is 0.400. The zero-order valence-corrected chi connectivity index (χ0v) is 8.79. The number of rotatable bonds is 0. The molecule has 1 aromatic rings. The van der Waals surface area contributed by atoms with Gasteiger partial charge in [-0.15, -0.1) is 0 Å². The highest BCUT2D eigenvalue weighted by molar-refractivity contribution is 9.10. The lowest BCUT2D eigenvalue weighted by Crippen LogP contribution is -2.31. The third-order valence-electron chi connectivity index (χ3n) is 2.59. The summed E-state index contributed by atoms with van der Waals surface area (Å²) in [4.78, 5) is 0. The van der Waals surface area contributed by atoms with Gasteiger partial charge < -0.3 is 10.8 Å². The summed E-state index contributed by atoms with van der Waals surface area (Å²) in [7, 11) is 0. The molecule has 2 rings (SSSR count). The summed E-state index contributed by atoms with van der Waals surface area (Å²) >= 11 is 3.40. The summed E-state index contributed by atoms with van der Waals surface area (Å²) in [5, 5.41) is 9.58. The van der Waals surface area contributed by atoms with Crippen LogP contribution in [-0.2, 0) is 6.42 Å². The smallest absolute Gasteiger partial charge is 0.0736 e. The van der Waals surface area contributed by atoms with Crippen molar-refractivity contribution in [2.24, 2.45) is 5.73 Å². The topological polar surface area (TPSA) is 46.2 Å². The average Bonchev–Trinajstić information content (AvgIpc) is 2.12. The van der Waals surface area contributed by atoms with Crippen LogP contribution in [0.25, 0.3) is 0 Å². The number of fused-ring (bicyclic) bond motifs is 1. The van der Waals surface area contributed by atoms with Gasteiger partial charge in [-0.1, -0.05) is 22.0 Å². The normalized spacial score (nSPS) is 27.0. The maximum absolute atomic E-state index is 9.58. The van der Waals surface area contributed by atoms with E-state index in [0.717, 1.165) is 22.9 Å². The Bertz CT molecular complexity index is 327. The Morgan fingerprint density at radius 1 is 1.46 bits per heavy atom. The van der Waals surface area contributed by atoms with Gasteiger partial charge in [0.25, 0.3) is 0 Å². The van der Waals surface area contributed by atoms with Gasteiger partial charge in [-0.2, -0.15) is 0 Å². The number of aliphatic hydroxyl groups excluding tert-OH is 1. The van der Waals surface area contributed by atoms with E-state index in [1.54, 1.807) is 0 Å². The molecule has 0 saturated carbocycles. The van der Waals surface area contributed by atoms with Gasteiger partial charge in [0.05, 0.1) is 12.1 Å². The van der Waals surface area contributed by atoms with Gasteiger partial charge in [-0.3, -0.25) is 0 Å². The lowest BCUT2D eigenvalue weighted by Gasteiger charge is -2.27. The van der Waals surface area contributed by atoms with Gasteiger partial charge >= 0.3 is 0 Å². The van der Waals surface area contributed by atoms with E-state index in [9.17, 15) is 5.11 Å². The van der Waals surface area contributed by atoms with Crippen molar-refractivity contribution in [2.45, 2.75) is 25.0 Å². The summed E-state index contributed by atoms with van der Waals surface area (Å²) in [6, 6.07) is 5.87. The molecule has 1 aromatic carbocycles. The maximum Gasteiger partial charge on any atom is 0.0736 e. The minimum atomic E-state index is -0.387. The molecule has 1 aliphatic rings. The second kappa shape index (κ2) is 3.40. The molecule has 0 heterocycles. The Kier molecular flexibility index (Phi) is 2.41. The fourth-order valence-electron chi connectivity index (χ4n) is 1.79. The number of benzene rings is 1. The van der Waals surface area contributed by atoms with Crippen LogP contribution in [0.15, 0.2) is 22.7 Å². The van der Waals surface area contributed by atoms with Crippen LogP contribution in [0.2, 0.25) is 0 Å². The number of nitrogens with two attached hydrogens (primary N) is 1. The Morgan fingerprint density at radius 2 is 2.23 bits per heavy atom. The zero-order valence-electron chi connectivity index (χ0n) is 7.20. The quantitative estimate of drug-likeness (QED) is 0.728. The molecule has 0 aliphatic heterocycles. The van der Waals surface area contributed by atoms with E-state index >= 15 is 0 Å². The van der Waals surface area contributed by atoms with Crippen LogP contribution in [0.3, 0.4) is 0 Å². The van der Waals surface area contributed by atoms with Crippen LogP contribution < -0.4 is 5.73 Å². The molecular formula is C10H12BrNO. The highest BCUT2D eigenvalue weighted by atomic mass is 79.9. The highest BCUT2D eigenvalue weighted by Crippen LogP contribution is 2.30. The van der Waals surface area contributed by atoms with Crippen molar-refractivity contribution < 1.29 is 5.11 Å². The molecule has 2 unspecified atom stereocenters. The molecule has 0 aromatic heterocycles. The average molecular weight is 242 g/mol. The van der Waals surface area contributed by atoms with E-state index in [0.29, 0.717) is 0 Å². The summed E-state index contributed by atoms with van der Waals surface area (Å²) in [5.41, 5.74) is 8.23. The van der Waals surface area contributed by atoms with Crippen molar-refractivity contribution in [1.29, 1.82) is 0 Å². The number of aliphatic hydroxyl groups is 1. The molecule has 0 spiro atoms. The lowest BCUT2D eigenvalue weighted by molar-refractivity contribution is 0.128. The van der Waals surface area contributed by atoms with Crippen molar-refractivity contribution in [2.75, 3.05) is 0 Å². The van der Waals surface area contributed by atoms with Crippen LogP contribution in [0, 0.1) is 0 Å². The van der Waals surface area contributed by atoms with E-state index in [1.807, 2.05) is 12.1 Å². The Balaban J connectivity index is 2.45. The molecule has 0 saturated heterocycles. The standard InChI is InChI=1S/C10H12BrNO/c11-7-3-1-6-2-4-9(13)10(12)8(6)5-7/h1,3,5,9-10,13H,2,4,12H2. The second-order valence-electron chi connectivity index (χ2n) is 3.47. The fourth-order valence-corrected chi connectivity index (χ4v) is 2.17. The van der Waals surface area contributed by atoms with Crippen molar-refractivity contribution in [3.63, 3.8) is 0 Å². The molecular weight excluding hydrogens is 230 g/mol. The van der Waals surface area contributed by atoms with E-state index in [-0.39, 0.29) is 12.1 Å². The lowest BCUT2D eigenvalue weighted by atomic mass is 9.86. The molecule has 2 atom stereocenters. The minimum Gasteiger partial charge on any atom is -0.391 e. The molecule has 0 amide bonds. The zero-order chi connectivity index (χ0) is 9.42. The van der Waals surface area contributed by atoms with E-state index < -0.39 is 0 Å². The van der Waals surface area contributed by atoms with Gasteiger partial charge in [0, 0.05) is 4.47 Å². The van der Waals surface area contributed by atoms with Gasteiger partial charge in [-0.05, 0) is 36.1 Å². The highest BCUT2D eigenvalue weighted by Gasteiger charge is 2.24. The Hall–Kier alpha value is -0.380.